The van der Waals surface area contributed by atoms with Crippen molar-refractivity contribution in [3.8, 4) is 0 Å². The Hall–Kier alpha value is -1.72. The van der Waals surface area contributed by atoms with E-state index in [1.54, 1.807) is 6.92 Å². The van der Waals surface area contributed by atoms with Crippen LogP contribution in [0.2, 0.25) is 0 Å². The molecule has 9 N–H and O–H groups in total. The second-order valence-corrected chi connectivity index (χ2v) is 3.42. The molecular formula is C11H26FeN2O9. The Balaban J connectivity index is -0.0000000393. The maximum atomic E-state index is 9.00. The van der Waals surface area contributed by atoms with Crippen LogP contribution in [-0.4, -0.2) is 55.3 Å². The molecule has 23 heavy (non-hydrogen) atoms. The number of hydrogen-bond acceptors (Lipinski definition) is 7. The topological polar surface area (TPSA) is 221 Å². The monoisotopic (exact) mass is 386 g/mol. The van der Waals surface area contributed by atoms with E-state index in [0.29, 0.717) is 6.42 Å². The molecule has 0 aliphatic heterocycles. The number of carbonyl (C=O) groups is 4. The molecule has 0 heterocycles. The van der Waals surface area contributed by atoms with Gasteiger partial charge in [-0.25, -0.2) is 0 Å². The minimum atomic E-state index is -1.46. The zero-order valence-corrected chi connectivity index (χ0v) is 14.7. The molecule has 0 aromatic rings. The average Bonchev–Trinajstić information content (AvgIpc) is 2.12. The van der Waals surface area contributed by atoms with Crippen LogP contribution in [0.5, 0.6) is 0 Å². The van der Waals surface area contributed by atoms with Crippen LogP contribution in [0.15, 0.2) is 0 Å². The van der Waals surface area contributed by atoms with Crippen LogP contribution in [0.25, 0.3) is 0 Å². The molecule has 11 nitrogen and oxygen atoms in total. The summed E-state index contributed by atoms with van der Waals surface area (Å²) in [5.74, 6) is -4.79. The standard InChI is InChI=1S/C3H10N2O.4C2H4O2.Fe/c1-2-3(4,5)6;4*1-2(3)4;/h6H,2,4-5H2,1H3;4*1H3,(H,3,4);. The number of aliphatic carboxylic acids is 4. The molecule has 0 saturated heterocycles. The summed E-state index contributed by atoms with van der Waals surface area (Å²) < 4.78 is 0. The Morgan fingerprint density at radius 2 is 0.783 bits per heavy atom. The van der Waals surface area contributed by atoms with Gasteiger partial charge >= 0.3 is 0 Å². The van der Waals surface area contributed by atoms with Crippen molar-refractivity contribution in [1.82, 2.24) is 0 Å². The van der Waals surface area contributed by atoms with Gasteiger partial charge in [-0.15, -0.1) is 0 Å². The first-order valence-electron chi connectivity index (χ1n) is 5.57. The van der Waals surface area contributed by atoms with Crippen molar-refractivity contribution < 1.29 is 61.8 Å². The summed E-state index contributed by atoms with van der Waals surface area (Å²) in [7, 11) is 0. The van der Waals surface area contributed by atoms with Crippen molar-refractivity contribution in [2.45, 2.75) is 46.9 Å². The van der Waals surface area contributed by atoms with Gasteiger partial charge in [-0.3, -0.25) is 30.6 Å². The molecule has 0 saturated carbocycles. The molecule has 0 amide bonds. The van der Waals surface area contributed by atoms with Gasteiger partial charge in [0.15, 0.2) is 5.85 Å². The van der Waals surface area contributed by atoms with Gasteiger partial charge in [0, 0.05) is 51.2 Å². The molecule has 0 aliphatic carbocycles. The quantitative estimate of drug-likeness (QED) is 0.221. The summed E-state index contributed by atoms with van der Waals surface area (Å²) >= 11 is 0. The number of hydrogen-bond donors (Lipinski definition) is 7. The number of carboxylic acid groups (broad SMARTS) is 4. The van der Waals surface area contributed by atoms with Gasteiger partial charge in [0.25, 0.3) is 23.9 Å². The average molecular weight is 386 g/mol. The number of aliphatic hydroxyl groups is 1. The Morgan fingerprint density at radius 1 is 0.739 bits per heavy atom. The largest absolute Gasteiger partial charge is 0.481 e. The van der Waals surface area contributed by atoms with Gasteiger partial charge in [-0.1, -0.05) is 6.92 Å². The maximum Gasteiger partial charge on any atom is 0.300 e. The van der Waals surface area contributed by atoms with E-state index in [0.717, 1.165) is 27.7 Å². The van der Waals surface area contributed by atoms with Crippen molar-refractivity contribution in [2.24, 2.45) is 11.5 Å². The third kappa shape index (κ3) is 4140. The van der Waals surface area contributed by atoms with E-state index in [4.69, 9.17) is 56.2 Å². The molecule has 0 bridgehead atoms. The summed E-state index contributed by atoms with van der Waals surface area (Å²) in [6, 6.07) is 0. The van der Waals surface area contributed by atoms with Crippen LogP contribution >= 0.6 is 0 Å². The van der Waals surface area contributed by atoms with E-state index in [9.17, 15) is 0 Å². The molecule has 0 fully saturated rings. The zero-order valence-electron chi connectivity index (χ0n) is 13.6. The molecule has 0 rings (SSSR count). The van der Waals surface area contributed by atoms with Crippen LogP contribution in [0.3, 0.4) is 0 Å². The first-order chi connectivity index (χ1) is 9.49. The fourth-order valence-corrected chi connectivity index (χ4v) is 0. The van der Waals surface area contributed by atoms with Gasteiger partial charge in [0.1, 0.15) is 0 Å². The van der Waals surface area contributed by atoms with Crippen molar-refractivity contribution in [2.75, 3.05) is 0 Å². The van der Waals surface area contributed by atoms with Gasteiger partial charge in [-0.05, 0) is 0 Å². The summed E-state index contributed by atoms with van der Waals surface area (Å²) in [5, 5.41) is 38.0. The smallest absolute Gasteiger partial charge is 0.300 e. The molecule has 0 aliphatic rings. The Bertz CT molecular complexity index is 253. The van der Waals surface area contributed by atoms with Crippen LogP contribution in [0, 0.1) is 0 Å². The molecule has 142 valence electrons. The van der Waals surface area contributed by atoms with Crippen molar-refractivity contribution in [1.29, 1.82) is 0 Å². The number of rotatable bonds is 1. The van der Waals surface area contributed by atoms with E-state index < -0.39 is 29.7 Å². The molecule has 0 unspecified atom stereocenters. The fraction of sp³-hybridized carbons (Fsp3) is 0.636. The fourth-order valence-electron chi connectivity index (χ4n) is 0. The summed E-state index contributed by atoms with van der Waals surface area (Å²) in [6.07, 6.45) is 0.382. The summed E-state index contributed by atoms with van der Waals surface area (Å²) in [6.45, 7) is 6.04. The third-order valence-electron chi connectivity index (χ3n) is 0.566. The number of carboxylic acids is 4. The van der Waals surface area contributed by atoms with Gasteiger partial charge < -0.3 is 25.5 Å². The Kier molecular flexibility index (Phi) is 41.1. The SMILES string of the molecule is CC(=O)O.CC(=O)O.CC(=O)O.CC(=O)O.CCC(N)(N)O.[Fe]. The maximum absolute atomic E-state index is 9.00. The Morgan fingerprint density at radius 3 is 0.783 bits per heavy atom. The molecular weight excluding hydrogens is 360 g/mol. The summed E-state index contributed by atoms with van der Waals surface area (Å²) in [5.41, 5.74) is 9.74. The minimum Gasteiger partial charge on any atom is -0.481 e. The molecule has 0 aromatic carbocycles. The normalized spacial score (nSPS) is 7.48. The van der Waals surface area contributed by atoms with Crippen LogP contribution in [0.1, 0.15) is 41.0 Å². The summed E-state index contributed by atoms with van der Waals surface area (Å²) in [4.78, 5) is 36.0. The zero-order chi connectivity index (χ0) is 19.5. The van der Waals surface area contributed by atoms with Crippen LogP contribution in [-0.2, 0) is 36.2 Å². The third-order valence-corrected chi connectivity index (χ3v) is 0.566. The minimum absolute atomic E-state index is 0. The van der Waals surface area contributed by atoms with E-state index in [2.05, 4.69) is 0 Å². The van der Waals surface area contributed by atoms with Gasteiger partial charge in [0.05, 0.1) is 0 Å². The first-order valence-corrected chi connectivity index (χ1v) is 5.57. The number of nitrogens with two attached hydrogens (primary N) is 2. The van der Waals surface area contributed by atoms with E-state index in [1.165, 1.54) is 0 Å². The van der Waals surface area contributed by atoms with Gasteiger partial charge in [0.2, 0.25) is 0 Å². The molecule has 0 atom stereocenters. The van der Waals surface area contributed by atoms with Gasteiger partial charge in [-0.2, -0.15) is 0 Å². The van der Waals surface area contributed by atoms with E-state index in [1.807, 2.05) is 0 Å². The second kappa shape index (κ2) is 25.2. The van der Waals surface area contributed by atoms with Crippen LogP contribution < -0.4 is 11.5 Å². The van der Waals surface area contributed by atoms with Crippen molar-refractivity contribution in [3.63, 3.8) is 0 Å². The predicted molar refractivity (Wildman–Crippen MR) is 76.9 cm³/mol. The second-order valence-electron chi connectivity index (χ2n) is 3.42. The molecule has 0 aromatic heterocycles. The van der Waals surface area contributed by atoms with E-state index in [-0.39, 0.29) is 17.1 Å². The molecule has 12 heteroatoms. The predicted octanol–water partition coefficient (Wildman–Crippen LogP) is -0.679. The molecule has 0 spiro atoms. The Labute approximate surface area is 144 Å². The first kappa shape index (κ1) is 37.5. The molecule has 0 radical (unpaired) electrons. The van der Waals surface area contributed by atoms with Crippen molar-refractivity contribution >= 4 is 23.9 Å². The van der Waals surface area contributed by atoms with Crippen LogP contribution in [0.4, 0.5) is 0 Å². The van der Waals surface area contributed by atoms with E-state index >= 15 is 0 Å². The van der Waals surface area contributed by atoms with Crippen molar-refractivity contribution in [3.05, 3.63) is 0 Å².